The van der Waals surface area contributed by atoms with Crippen LogP contribution in [-0.2, 0) is 30.8 Å². The second-order valence-corrected chi connectivity index (χ2v) is 8.88. The Balaban J connectivity index is 1.61. The molecule has 1 aromatic carbocycles. The van der Waals surface area contributed by atoms with Gasteiger partial charge in [-0.25, -0.2) is 8.42 Å². The number of amides is 1. The second-order valence-electron chi connectivity index (χ2n) is 6.94. The predicted molar refractivity (Wildman–Crippen MR) is 99.4 cm³/mol. The van der Waals surface area contributed by atoms with E-state index in [4.69, 9.17) is 15.2 Å². The molecule has 0 spiro atoms. The van der Waals surface area contributed by atoms with Crippen LogP contribution in [0.4, 0.5) is 0 Å². The lowest BCUT2D eigenvalue weighted by molar-refractivity contribution is -0.136. The zero-order valence-corrected chi connectivity index (χ0v) is 16.2. The normalized spacial score (nSPS) is 20.9. The van der Waals surface area contributed by atoms with Gasteiger partial charge < -0.3 is 20.5 Å². The third-order valence-electron chi connectivity index (χ3n) is 5.31. The fourth-order valence-electron chi connectivity index (χ4n) is 3.37. The van der Waals surface area contributed by atoms with E-state index < -0.39 is 15.4 Å². The van der Waals surface area contributed by atoms with E-state index in [2.05, 4.69) is 5.32 Å². The van der Waals surface area contributed by atoms with Crippen molar-refractivity contribution in [2.24, 2.45) is 11.1 Å². The number of benzene rings is 1. The molecule has 2 heterocycles. The first-order chi connectivity index (χ1) is 13.0. The summed E-state index contributed by atoms with van der Waals surface area (Å²) >= 11 is 0. The van der Waals surface area contributed by atoms with Crippen LogP contribution in [0.25, 0.3) is 0 Å². The molecule has 0 atom stereocenters. The van der Waals surface area contributed by atoms with Crippen molar-refractivity contribution in [2.75, 3.05) is 46.1 Å². The van der Waals surface area contributed by atoms with E-state index in [0.717, 1.165) is 5.56 Å². The highest BCUT2D eigenvalue weighted by molar-refractivity contribution is 7.89. The lowest BCUT2D eigenvalue weighted by Crippen LogP contribution is -2.48. The maximum atomic E-state index is 12.6. The predicted octanol–water partition coefficient (Wildman–Crippen LogP) is 0.0792. The molecule has 2 saturated heterocycles. The molecule has 1 amide bonds. The minimum atomic E-state index is -3.51. The van der Waals surface area contributed by atoms with Crippen LogP contribution < -0.4 is 11.1 Å². The number of ether oxygens (including phenoxy) is 2. The van der Waals surface area contributed by atoms with E-state index in [1.54, 1.807) is 24.3 Å². The van der Waals surface area contributed by atoms with Gasteiger partial charge in [0.1, 0.15) is 0 Å². The first-order valence-electron chi connectivity index (χ1n) is 9.21. The summed E-state index contributed by atoms with van der Waals surface area (Å²) in [6, 6.07) is 6.62. The third kappa shape index (κ3) is 4.49. The second kappa shape index (κ2) is 8.66. The van der Waals surface area contributed by atoms with Gasteiger partial charge in [0.15, 0.2) is 0 Å². The smallest absolute Gasteiger partial charge is 0.243 e. The summed E-state index contributed by atoms with van der Waals surface area (Å²) in [5.74, 6) is -0.0710. The average Bonchev–Trinajstić information content (AvgIpc) is 2.73. The van der Waals surface area contributed by atoms with Crippen LogP contribution in [-0.4, -0.2) is 64.7 Å². The van der Waals surface area contributed by atoms with Crippen molar-refractivity contribution in [1.29, 1.82) is 0 Å². The standard InChI is InChI=1S/C18H27N3O5S/c19-14-18(5-9-25-10-6-18)17(22)20-13-15-1-3-16(4-2-15)27(23,24)21-7-11-26-12-8-21/h1-4H,5-14,19H2,(H,20,22). The SMILES string of the molecule is NCC1(C(=O)NCc2ccc(S(=O)(=O)N3CCOCC3)cc2)CCOCC1. The Morgan fingerprint density at radius 2 is 1.67 bits per heavy atom. The lowest BCUT2D eigenvalue weighted by atomic mass is 9.79. The van der Waals surface area contributed by atoms with E-state index in [1.807, 2.05) is 0 Å². The first-order valence-corrected chi connectivity index (χ1v) is 10.6. The van der Waals surface area contributed by atoms with Gasteiger partial charge in [0, 0.05) is 39.4 Å². The maximum absolute atomic E-state index is 12.6. The molecule has 27 heavy (non-hydrogen) atoms. The molecule has 2 aliphatic heterocycles. The van der Waals surface area contributed by atoms with Crippen LogP contribution in [0.3, 0.4) is 0 Å². The Kier molecular flexibility index (Phi) is 6.48. The van der Waals surface area contributed by atoms with Gasteiger partial charge >= 0.3 is 0 Å². The summed E-state index contributed by atoms with van der Waals surface area (Å²) in [4.78, 5) is 12.8. The molecule has 3 N–H and O–H groups in total. The number of nitrogens with one attached hydrogen (secondary N) is 1. The van der Waals surface area contributed by atoms with E-state index in [1.165, 1.54) is 4.31 Å². The van der Waals surface area contributed by atoms with Gasteiger partial charge in [-0.15, -0.1) is 0 Å². The Bertz CT molecular complexity index is 739. The van der Waals surface area contributed by atoms with Gasteiger partial charge in [0.2, 0.25) is 15.9 Å². The van der Waals surface area contributed by atoms with E-state index in [-0.39, 0.29) is 10.8 Å². The monoisotopic (exact) mass is 397 g/mol. The fraction of sp³-hybridized carbons (Fsp3) is 0.611. The number of morpholine rings is 1. The maximum Gasteiger partial charge on any atom is 0.243 e. The molecule has 2 aliphatic rings. The Morgan fingerprint density at radius 3 is 2.26 bits per heavy atom. The van der Waals surface area contributed by atoms with E-state index in [9.17, 15) is 13.2 Å². The van der Waals surface area contributed by atoms with Gasteiger partial charge in [-0.1, -0.05) is 12.1 Å². The Morgan fingerprint density at radius 1 is 1.07 bits per heavy atom. The van der Waals surface area contributed by atoms with Gasteiger partial charge in [-0.2, -0.15) is 4.31 Å². The molecule has 3 rings (SSSR count). The molecular formula is C18H27N3O5S. The van der Waals surface area contributed by atoms with Crippen LogP contribution >= 0.6 is 0 Å². The number of sulfonamides is 1. The van der Waals surface area contributed by atoms with Crippen molar-refractivity contribution in [3.05, 3.63) is 29.8 Å². The largest absolute Gasteiger partial charge is 0.381 e. The molecule has 0 radical (unpaired) electrons. The van der Waals surface area contributed by atoms with Crippen molar-refractivity contribution in [3.63, 3.8) is 0 Å². The Hall–Kier alpha value is -1.52. The van der Waals surface area contributed by atoms with Crippen LogP contribution in [0, 0.1) is 5.41 Å². The quantitative estimate of drug-likeness (QED) is 0.703. The van der Waals surface area contributed by atoms with E-state index in [0.29, 0.717) is 65.4 Å². The molecule has 1 aromatic rings. The van der Waals surface area contributed by atoms with Crippen LogP contribution in [0.15, 0.2) is 29.2 Å². The summed E-state index contributed by atoms with van der Waals surface area (Å²) in [5, 5.41) is 2.93. The average molecular weight is 397 g/mol. The summed E-state index contributed by atoms with van der Waals surface area (Å²) in [6.07, 6.45) is 1.23. The minimum Gasteiger partial charge on any atom is -0.381 e. The van der Waals surface area contributed by atoms with Gasteiger partial charge in [0.05, 0.1) is 23.5 Å². The third-order valence-corrected chi connectivity index (χ3v) is 7.22. The molecule has 9 heteroatoms. The summed E-state index contributed by atoms with van der Waals surface area (Å²) in [7, 11) is -3.51. The fourth-order valence-corrected chi connectivity index (χ4v) is 4.78. The highest BCUT2D eigenvalue weighted by atomic mass is 32.2. The van der Waals surface area contributed by atoms with Crippen LogP contribution in [0.5, 0.6) is 0 Å². The molecule has 0 saturated carbocycles. The number of carbonyl (C=O) groups is 1. The summed E-state index contributed by atoms with van der Waals surface area (Å²) < 4.78 is 37.2. The number of nitrogens with zero attached hydrogens (tertiary/aromatic N) is 1. The molecule has 150 valence electrons. The first kappa shape index (κ1) is 20.2. The van der Waals surface area contributed by atoms with Gasteiger partial charge in [-0.3, -0.25) is 4.79 Å². The molecule has 0 aliphatic carbocycles. The number of rotatable bonds is 6. The minimum absolute atomic E-state index is 0.0710. The number of hydrogen-bond donors (Lipinski definition) is 2. The molecule has 8 nitrogen and oxygen atoms in total. The highest BCUT2D eigenvalue weighted by Gasteiger charge is 2.38. The molecule has 2 fully saturated rings. The topological polar surface area (TPSA) is 111 Å². The van der Waals surface area contributed by atoms with Crippen molar-refractivity contribution >= 4 is 15.9 Å². The lowest BCUT2D eigenvalue weighted by Gasteiger charge is -2.34. The van der Waals surface area contributed by atoms with Crippen molar-refractivity contribution in [2.45, 2.75) is 24.3 Å². The van der Waals surface area contributed by atoms with Crippen molar-refractivity contribution < 1.29 is 22.7 Å². The number of hydrogen-bond acceptors (Lipinski definition) is 6. The highest BCUT2D eigenvalue weighted by Crippen LogP contribution is 2.29. The van der Waals surface area contributed by atoms with Crippen molar-refractivity contribution in [3.8, 4) is 0 Å². The molecule has 0 unspecified atom stereocenters. The summed E-state index contributed by atoms with van der Waals surface area (Å²) in [5.41, 5.74) is 6.12. The van der Waals surface area contributed by atoms with Gasteiger partial charge in [0.25, 0.3) is 0 Å². The van der Waals surface area contributed by atoms with Crippen molar-refractivity contribution in [1.82, 2.24) is 9.62 Å². The van der Waals surface area contributed by atoms with E-state index >= 15 is 0 Å². The van der Waals surface area contributed by atoms with Crippen LogP contribution in [0.2, 0.25) is 0 Å². The zero-order valence-electron chi connectivity index (χ0n) is 15.4. The zero-order chi connectivity index (χ0) is 19.3. The molecule has 0 bridgehead atoms. The number of nitrogens with two attached hydrogens (primary N) is 1. The molecular weight excluding hydrogens is 370 g/mol. The van der Waals surface area contributed by atoms with Gasteiger partial charge in [-0.05, 0) is 30.5 Å². The molecule has 0 aromatic heterocycles. The Labute approximate surface area is 160 Å². The van der Waals surface area contributed by atoms with Crippen LogP contribution in [0.1, 0.15) is 18.4 Å². The summed E-state index contributed by atoms with van der Waals surface area (Å²) in [6.45, 7) is 3.26. The number of carbonyl (C=O) groups excluding carboxylic acids is 1.